The van der Waals surface area contributed by atoms with E-state index in [4.69, 9.17) is 10.6 Å². The van der Waals surface area contributed by atoms with Crippen LogP contribution in [0.2, 0.25) is 0 Å². The highest BCUT2D eigenvalue weighted by Gasteiger charge is 2.16. The van der Waals surface area contributed by atoms with Crippen molar-refractivity contribution in [2.75, 3.05) is 24.0 Å². The Morgan fingerprint density at radius 3 is 2.56 bits per heavy atom. The lowest BCUT2D eigenvalue weighted by Crippen LogP contribution is -2.17. The number of thioether (sulfide) groups is 1. The predicted octanol–water partition coefficient (Wildman–Crippen LogP) is 1.75. The number of carbonyl (C=O) groups excluding carboxylic acids is 1. The highest BCUT2D eigenvalue weighted by atomic mass is 32.2. The van der Waals surface area contributed by atoms with Crippen LogP contribution >= 0.6 is 11.8 Å². The van der Waals surface area contributed by atoms with Crippen molar-refractivity contribution < 1.29 is 9.53 Å². The first-order valence-electron chi connectivity index (χ1n) is 8.18. The summed E-state index contributed by atoms with van der Waals surface area (Å²) < 4.78 is 8.25. The van der Waals surface area contributed by atoms with Crippen LogP contribution in [0.3, 0.4) is 0 Å². The molecule has 0 spiro atoms. The van der Waals surface area contributed by atoms with E-state index in [0.717, 1.165) is 28.4 Å². The van der Waals surface area contributed by atoms with Gasteiger partial charge in [-0.15, -0.1) is 10.2 Å². The smallest absolute Gasteiger partial charge is 0.234 e. The number of aryl methyl sites for hydroxylation is 2. The first-order chi connectivity index (χ1) is 12.9. The molecule has 0 unspecified atom stereocenters. The van der Waals surface area contributed by atoms with Gasteiger partial charge in [-0.3, -0.25) is 9.48 Å². The van der Waals surface area contributed by atoms with Crippen molar-refractivity contribution in [1.82, 2.24) is 24.7 Å². The standard InChI is InChI=1S/C17H21N7O2S/c1-10-15(11(2)23(3)22-10)19-14(25)9-27-17-21-20-16(24(17)18)12-5-7-13(26-4)8-6-12/h5-8H,9,18H2,1-4H3,(H,19,25). The van der Waals surface area contributed by atoms with Crippen LogP contribution in [0, 0.1) is 13.8 Å². The second kappa shape index (κ2) is 7.70. The normalized spacial score (nSPS) is 10.8. The number of hydrogen-bond donors (Lipinski definition) is 2. The predicted molar refractivity (Wildman–Crippen MR) is 104 cm³/mol. The van der Waals surface area contributed by atoms with Gasteiger partial charge in [-0.25, -0.2) is 4.68 Å². The summed E-state index contributed by atoms with van der Waals surface area (Å²) in [4.78, 5) is 12.3. The topological polar surface area (TPSA) is 113 Å². The SMILES string of the molecule is COc1ccc(-c2nnc(SCC(=O)Nc3c(C)nn(C)c3C)n2N)cc1. The fourth-order valence-electron chi connectivity index (χ4n) is 2.57. The van der Waals surface area contributed by atoms with Gasteiger partial charge in [0.25, 0.3) is 0 Å². The van der Waals surface area contributed by atoms with E-state index in [0.29, 0.717) is 11.0 Å². The maximum atomic E-state index is 12.3. The quantitative estimate of drug-likeness (QED) is 0.489. The third kappa shape index (κ3) is 3.90. The van der Waals surface area contributed by atoms with Crippen LogP contribution in [-0.4, -0.2) is 43.4 Å². The van der Waals surface area contributed by atoms with Gasteiger partial charge in [-0.1, -0.05) is 11.8 Å². The molecule has 0 aliphatic heterocycles. The third-order valence-electron chi connectivity index (χ3n) is 4.12. The number of benzene rings is 1. The molecule has 0 bridgehead atoms. The van der Waals surface area contributed by atoms with Crippen molar-refractivity contribution in [1.29, 1.82) is 0 Å². The van der Waals surface area contributed by atoms with Crippen LogP contribution < -0.4 is 15.9 Å². The molecular formula is C17H21N7O2S. The molecule has 10 heteroatoms. The Balaban J connectivity index is 1.66. The Bertz CT molecular complexity index is 963. The highest BCUT2D eigenvalue weighted by Crippen LogP contribution is 2.24. The molecule has 142 valence electrons. The number of ether oxygens (including phenoxy) is 1. The van der Waals surface area contributed by atoms with Gasteiger partial charge >= 0.3 is 0 Å². The lowest BCUT2D eigenvalue weighted by atomic mass is 10.2. The minimum Gasteiger partial charge on any atom is -0.497 e. The van der Waals surface area contributed by atoms with E-state index in [1.165, 1.54) is 16.4 Å². The number of nitrogens with two attached hydrogens (primary N) is 1. The molecule has 3 rings (SSSR count). The molecule has 0 aliphatic carbocycles. The first-order valence-corrected chi connectivity index (χ1v) is 9.17. The monoisotopic (exact) mass is 387 g/mol. The van der Waals surface area contributed by atoms with Gasteiger partial charge in [0, 0.05) is 12.6 Å². The molecule has 9 nitrogen and oxygen atoms in total. The Morgan fingerprint density at radius 2 is 1.96 bits per heavy atom. The summed E-state index contributed by atoms with van der Waals surface area (Å²) in [6.45, 7) is 3.76. The molecule has 0 fully saturated rings. The third-order valence-corrected chi connectivity index (χ3v) is 5.06. The molecule has 0 aliphatic rings. The van der Waals surface area contributed by atoms with E-state index in [1.54, 1.807) is 11.8 Å². The zero-order valence-corrected chi connectivity index (χ0v) is 16.4. The van der Waals surface area contributed by atoms with Crippen molar-refractivity contribution in [3.8, 4) is 17.1 Å². The summed E-state index contributed by atoms with van der Waals surface area (Å²) in [6, 6.07) is 7.34. The van der Waals surface area contributed by atoms with Gasteiger partial charge in [-0.2, -0.15) is 5.10 Å². The van der Waals surface area contributed by atoms with Crippen molar-refractivity contribution >= 4 is 23.4 Å². The molecule has 1 amide bonds. The number of nitrogen functional groups attached to an aromatic ring is 1. The van der Waals surface area contributed by atoms with Crippen LogP contribution in [0.25, 0.3) is 11.4 Å². The second-order valence-electron chi connectivity index (χ2n) is 5.91. The zero-order chi connectivity index (χ0) is 19.6. The van der Waals surface area contributed by atoms with Gasteiger partial charge in [0.1, 0.15) is 5.75 Å². The first kappa shape index (κ1) is 18.8. The van der Waals surface area contributed by atoms with Crippen molar-refractivity contribution in [2.24, 2.45) is 7.05 Å². The minimum atomic E-state index is -0.159. The molecule has 0 radical (unpaired) electrons. The molecule has 1 aromatic carbocycles. The summed E-state index contributed by atoms with van der Waals surface area (Å²) in [5, 5.41) is 15.8. The average molecular weight is 387 g/mol. The molecular weight excluding hydrogens is 366 g/mol. The van der Waals surface area contributed by atoms with E-state index in [2.05, 4.69) is 20.6 Å². The molecule has 3 N–H and O–H groups in total. The van der Waals surface area contributed by atoms with Crippen molar-refractivity contribution in [3.05, 3.63) is 35.7 Å². The maximum Gasteiger partial charge on any atom is 0.234 e. The lowest BCUT2D eigenvalue weighted by Gasteiger charge is -2.06. The lowest BCUT2D eigenvalue weighted by molar-refractivity contribution is -0.113. The maximum absolute atomic E-state index is 12.3. The van der Waals surface area contributed by atoms with E-state index < -0.39 is 0 Å². The van der Waals surface area contributed by atoms with E-state index in [-0.39, 0.29) is 11.7 Å². The largest absolute Gasteiger partial charge is 0.497 e. The van der Waals surface area contributed by atoms with Crippen LogP contribution in [0.4, 0.5) is 5.69 Å². The van der Waals surface area contributed by atoms with Crippen LogP contribution in [0.5, 0.6) is 5.75 Å². The molecule has 27 heavy (non-hydrogen) atoms. The number of aromatic nitrogens is 5. The van der Waals surface area contributed by atoms with Crippen molar-refractivity contribution in [3.63, 3.8) is 0 Å². The molecule has 0 saturated heterocycles. The van der Waals surface area contributed by atoms with Gasteiger partial charge in [0.15, 0.2) is 5.82 Å². The zero-order valence-electron chi connectivity index (χ0n) is 15.6. The minimum absolute atomic E-state index is 0.158. The molecule has 0 atom stereocenters. The number of rotatable bonds is 6. The van der Waals surface area contributed by atoms with Gasteiger partial charge < -0.3 is 15.9 Å². The number of carbonyl (C=O) groups is 1. The summed E-state index contributed by atoms with van der Waals surface area (Å²) in [6.07, 6.45) is 0. The molecule has 2 heterocycles. The number of anilines is 1. The fourth-order valence-corrected chi connectivity index (χ4v) is 3.23. The van der Waals surface area contributed by atoms with E-state index >= 15 is 0 Å². The van der Waals surface area contributed by atoms with Gasteiger partial charge in [0.2, 0.25) is 11.1 Å². The van der Waals surface area contributed by atoms with Gasteiger partial charge in [0.05, 0.1) is 29.9 Å². The summed E-state index contributed by atoms with van der Waals surface area (Å²) in [7, 11) is 3.44. The van der Waals surface area contributed by atoms with E-state index in [9.17, 15) is 4.79 Å². The van der Waals surface area contributed by atoms with Crippen LogP contribution in [0.1, 0.15) is 11.4 Å². The van der Waals surface area contributed by atoms with Crippen molar-refractivity contribution in [2.45, 2.75) is 19.0 Å². The molecule has 0 saturated carbocycles. The second-order valence-corrected chi connectivity index (χ2v) is 6.85. The fraction of sp³-hybridized carbons (Fsp3) is 0.294. The summed E-state index contributed by atoms with van der Waals surface area (Å²) in [5.74, 6) is 7.35. The number of amides is 1. The Morgan fingerprint density at radius 1 is 1.26 bits per heavy atom. The Kier molecular flexibility index (Phi) is 5.36. The molecule has 3 aromatic rings. The Hall–Kier alpha value is -3.01. The van der Waals surface area contributed by atoms with Crippen LogP contribution in [-0.2, 0) is 11.8 Å². The van der Waals surface area contributed by atoms with Gasteiger partial charge in [-0.05, 0) is 38.1 Å². The van der Waals surface area contributed by atoms with E-state index in [1.807, 2.05) is 45.2 Å². The number of nitrogens with zero attached hydrogens (tertiary/aromatic N) is 5. The number of nitrogens with one attached hydrogen (secondary N) is 1. The number of methoxy groups -OCH3 is 1. The Labute approximate surface area is 160 Å². The molecule has 2 aromatic heterocycles. The average Bonchev–Trinajstić information content (AvgIpc) is 3.14. The highest BCUT2D eigenvalue weighted by molar-refractivity contribution is 7.99. The van der Waals surface area contributed by atoms with Crippen LogP contribution in [0.15, 0.2) is 29.4 Å². The summed E-state index contributed by atoms with van der Waals surface area (Å²) in [5.41, 5.74) is 3.21. The summed E-state index contributed by atoms with van der Waals surface area (Å²) >= 11 is 1.22. The number of hydrogen-bond acceptors (Lipinski definition) is 7.